The maximum absolute atomic E-state index is 12.6. The van der Waals surface area contributed by atoms with Crippen molar-refractivity contribution in [3.05, 3.63) is 93.8 Å². The number of rotatable bonds is 6. The molecule has 11 nitrogen and oxygen atoms in total. The molecule has 0 fully saturated rings. The molecule has 0 atom stereocenters. The highest BCUT2D eigenvalue weighted by atomic mass is 16.6. The fraction of sp³-hybridized carbons (Fsp3) is 0.0455. The molecule has 0 radical (unpaired) electrons. The van der Waals surface area contributed by atoms with Gasteiger partial charge in [-0.05, 0) is 30.3 Å². The Morgan fingerprint density at radius 2 is 1.64 bits per heavy atom. The molecule has 33 heavy (non-hydrogen) atoms. The van der Waals surface area contributed by atoms with Crippen LogP contribution in [0.15, 0.2) is 67.0 Å². The van der Waals surface area contributed by atoms with E-state index in [0.29, 0.717) is 16.2 Å². The van der Waals surface area contributed by atoms with Gasteiger partial charge >= 0.3 is 0 Å². The molecule has 1 aliphatic heterocycles. The summed E-state index contributed by atoms with van der Waals surface area (Å²) in [6.07, 6.45) is 2.92. The Bertz CT molecular complexity index is 1310. The van der Waals surface area contributed by atoms with Gasteiger partial charge in [0.2, 0.25) is 5.91 Å². The highest BCUT2D eigenvalue weighted by Crippen LogP contribution is 2.27. The second kappa shape index (κ2) is 8.67. The first-order valence-corrected chi connectivity index (χ1v) is 9.60. The number of carbonyl (C=O) groups is 4. The van der Waals surface area contributed by atoms with E-state index in [-0.39, 0.29) is 22.5 Å². The molecule has 1 aliphatic rings. The fourth-order valence-electron chi connectivity index (χ4n) is 3.26. The molecule has 1 aromatic heterocycles. The van der Waals surface area contributed by atoms with Crippen LogP contribution in [0.3, 0.4) is 0 Å². The standard InChI is InChI=1S/C22H15N5O6/c28-19(12-26-21(30)15-8-7-14(27(32)33)10-16(15)22(26)31)24-17-5-1-2-6-18(17)25-20(29)13-4-3-9-23-11-13/h1-11H,12H2,(H,24,28)(H,25,29). The van der Waals surface area contributed by atoms with Gasteiger partial charge in [-0.15, -0.1) is 0 Å². The Hall–Kier alpha value is -4.93. The average molecular weight is 445 g/mol. The molecular formula is C22H15N5O6. The number of hydrogen-bond acceptors (Lipinski definition) is 7. The molecule has 0 saturated heterocycles. The number of carbonyl (C=O) groups excluding carboxylic acids is 4. The SMILES string of the molecule is O=C(CN1C(=O)c2ccc([N+](=O)[O-])cc2C1=O)Nc1ccccc1NC(=O)c1cccnc1. The summed E-state index contributed by atoms with van der Waals surface area (Å²) < 4.78 is 0. The van der Waals surface area contributed by atoms with Crippen molar-refractivity contribution in [3.8, 4) is 0 Å². The zero-order valence-electron chi connectivity index (χ0n) is 16.8. The molecule has 0 aliphatic carbocycles. The van der Waals surface area contributed by atoms with Crippen molar-refractivity contribution in [1.29, 1.82) is 0 Å². The maximum atomic E-state index is 12.6. The third-order valence-corrected chi connectivity index (χ3v) is 4.84. The van der Waals surface area contributed by atoms with Crippen molar-refractivity contribution >= 4 is 40.7 Å². The van der Waals surface area contributed by atoms with Gasteiger partial charge in [0.15, 0.2) is 0 Å². The highest BCUT2D eigenvalue weighted by Gasteiger charge is 2.37. The predicted molar refractivity (Wildman–Crippen MR) is 116 cm³/mol. The number of nitro benzene ring substituents is 1. The number of para-hydroxylation sites is 2. The minimum atomic E-state index is -0.799. The number of hydrogen-bond donors (Lipinski definition) is 2. The van der Waals surface area contributed by atoms with Gasteiger partial charge in [0, 0.05) is 24.5 Å². The molecule has 11 heteroatoms. The molecule has 4 amide bonds. The van der Waals surface area contributed by atoms with Gasteiger partial charge in [-0.1, -0.05) is 12.1 Å². The minimum Gasteiger partial charge on any atom is -0.323 e. The van der Waals surface area contributed by atoms with Crippen molar-refractivity contribution in [2.24, 2.45) is 0 Å². The number of fused-ring (bicyclic) bond motifs is 1. The second-order valence-corrected chi connectivity index (χ2v) is 6.97. The Labute approximate surface area is 186 Å². The Balaban J connectivity index is 1.47. The Kier molecular flexibility index (Phi) is 5.60. The summed E-state index contributed by atoms with van der Waals surface area (Å²) in [6, 6.07) is 12.9. The first-order chi connectivity index (χ1) is 15.8. The Morgan fingerprint density at radius 3 is 2.30 bits per heavy atom. The zero-order valence-corrected chi connectivity index (χ0v) is 16.8. The topological polar surface area (TPSA) is 152 Å². The number of non-ortho nitro benzene ring substituents is 1. The van der Waals surface area contributed by atoms with Crippen LogP contribution in [0.4, 0.5) is 17.1 Å². The fourth-order valence-corrected chi connectivity index (χ4v) is 3.26. The number of amides is 4. The normalized spacial score (nSPS) is 12.3. The quantitative estimate of drug-likeness (QED) is 0.336. The van der Waals surface area contributed by atoms with Crippen molar-refractivity contribution < 1.29 is 24.1 Å². The largest absolute Gasteiger partial charge is 0.323 e. The van der Waals surface area contributed by atoms with E-state index < -0.39 is 35.1 Å². The number of nitrogens with one attached hydrogen (secondary N) is 2. The third-order valence-electron chi connectivity index (χ3n) is 4.84. The van der Waals surface area contributed by atoms with Gasteiger partial charge < -0.3 is 10.6 Å². The number of anilines is 2. The number of nitro groups is 1. The van der Waals surface area contributed by atoms with Crippen molar-refractivity contribution in [2.45, 2.75) is 0 Å². The first kappa shape index (κ1) is 21.3. The van der Waals surface area contributed by atoms with Crippen LogP contribution < -0.4 is 10.6 Å². The summed E-state index contributed by atoms with van der Waals surface area (Å²) in [7, 11) is 0. The van der Waals surface area contributed by atoms with Crippen molar-refractivity contribution in [2.75, 3.05) is 17.2 Å². The molecule has 2 heterocycles. The molecule has 164 valence electrons. The molecule has 0 bridgehead atoms. The molecule has 2 aromatic carbocycles. The number of aromatic nitrogens is 1. The maximum Gasteiger partial charge on any atom is 0.270 e. The lowest BCUT2D eigenvalue weighted by molar-refractivity contribution is -0.384. The van der Waals surface area contributed by atoms with Gasteiger partial charge in [-0.3, -0.25) is 39.2 Å². The highest BCUT2D eigenvalue weighted by molar-refractivity contribution is 6.23. The van der Waals surface area contributed by atoms with Crippen LogP contribution in [0.25, 0.3) is 0 Å². The van der Waals surface area contributed by atoms with Crippen LogP contribution in [-0.4, -0.2) is 45.0 Å². The molecule has 4 rings (SSSR count). The lowest BCUT2D eigenvalue weighted by atomic mass is 10.1. The van der Waals surface area contributed by atoms with E-state index in [4.69, 9.17) is 0 Å². The molecule has 0 unspecified atom stereocenters. The summed E-state index contributed by atoms with van der Waals surface area (Å²) >= 11 is 0. The summed E-state index contributed by atoms with van der Waals surface area (Å²) in [4.78, 5) is 65.0. The smallest absolute Gasteiger partial charge is 0.270 e. The van der Waals surface area contributed by atoms with E-state index in [1.54, 1.807) is 36.4 Å². The predicted octanol–water partition coefficient (Wildman–Crippen LogP) is 2.48. The second-order valence-electron chi connectivity index (χ2n) is 6.97. The molecular weight excluding hydrogens is 430 g/mol. The monoisotopic (exact) mass is 445 g/mol. The molecule has 0 saturated carbocycles. The molecule has 2 N–H and O–H groups in total. The van der Waals surface area contributed by atoms with Crippen LogP contribution in [0.1, 0.15) is 31.1 Å². The lowest BCUT2D eigenvalue weighted by Gasteiger charge is -2.15. The van der Waals surface area contributed by atoms with Crippen molar-refractivity contribution in [3.63, 3.8) is 0 Å². The van der Waals surface area contributed by atoms with Crippen LogP contribution in [-0.2, 0) is 4.79 Å². The number of pyridine rings is 1. The van der Waals surface area contributed by atoms with Gasteiger partial charge in [0.05, 0.1) is 33.0 Å². The van der Waals surface area contributed by atoms with E-state index in [2.05, 4.69) is 15.6 Å². The average Bonchev–Trinajstić information content (AvgIpc) is 3.05. The van der Waals surface area contributed by atoms with Crippen LogP contribution in [0, 0.1) is 10.1 Å². The summed E-state index contributed by atoms with van der Waals surface area (Å²) in [6.45, 7) is -0.606. The summed E-state index contributed by atoms with van der Waals surface area (Å²) in [5.74, 6) is -2.65. The minimum absolute atomic E-state index is 0.0115. The van der Waals surface area contributed by atoms with E-state index >= 15 is 0 Å². The third kappa shape index (κ3) is 4.28. The van der Waals surface area contributed by atoms with Crippen molar-refractivity contribution in [1.82, 2.24) is 9.88 Å². The van der Waals surface area contributed by atoms with E-state index in [1.165, 1.54) is 18.5 Å². The van der Waals surface area contributed by atoms with Crippen LogP contribution >= 0.6 is 0 Å². The number of nitrogens with zero attached hydrogens (tertiary/aromatic N) is 3. The van der Waals surface area contributed by atoms with Crippen LogP contribution in [0.2, 0.25) is 0 Å². The van der Waals surface area contributed by atoms with Gasteiger partial charge in [0.25, 0.3) is 23.4 Å². The van der Waals surface area contributed by atoms with E-state index in [1.807, 2.05) is 0 Å². The molecule has 0 spiro atoms. The summed E-state index contributed by atoms with van der Waals surface area (Å²) in [5, 5.41) is 16.2. The zero-order chi connectivity index (χ0) is 23.5. The van der Waals surface area contributed by atoms with E-state index in [0.717, 1.165) is 12.1 Å². The van der Waals surface area contributed by atoms with Gasteiger partial charge in [-0.25, -0.2) is 0 Å². The van der Waals surface area contributed by atoms with Gasteiger partial charge in [0.1, 0.15) is 6.54 Å². The van der Waals surface area contributed by atoms with E-state index in [9.17, 15) is 29.3 Å². The Morgan fingerprint density at radius 1 is 0.939 bits per heavy atom. The number of benzene rings is 2. The lowest BCUT2D eigenvalue weighted by Crippen LogP contribution is -2.37. The summed E-state index contributed by atoms with van der Waals surface area (Å²) in [5.41, 5.74) is 0.400. The number of imide groups is 1. The van der Waals surface area contributed by atoms with Gasteiger partial charge in [-0.2, -0.15) is 0 Å². The van der Waals surface area contributed by atoms with Crippen LogP contribution in [0.5, 0.6) is 0 Å². The molecule has 3 aromatic rings. The first-order valence-electron chi connectivity index (χ1n) is 9.60.